The summed E-state index contributed by atoms with van der Waals surface area (Å²) in [4.78, 5) is 19.6. The first-order chi connectivity index (χ1) is 9.63. The van der Waals surface area contributed by atoms with E-state index in [1.807, 2.05) is 6.92 Å². The molecule has 0 aliphatic heterocycles. The number of hydrogen-bond donors (Lipinski definition) is 1. The van der Waals surface area contributed by atoms with E-state index in [1.165, 1.54) is 18.1 Å². The van der Waals surface area contributed by atoms with Crippen LogP contribution in [-0.2, 0) is 0 Å². The van der Waals surface area contributed by atoms with Gasteiger partial charge in [-0.15, -0.1) is 0 Å². The summed E-state index contributed by atoms with van der Waals surface area (Å²) >= 11 is 1.20. The second-order valence-corrected chi connectivity index (χ2v) is 5.03. The summed E-state index contributed by atoms with van der Waals surface area (Å²) in [6, 6.07) is 1.75. The SMILES string of the molecule is CCCNc1ncnc(Sc2ccoc2C)c1[N+](=O)[O-]. The Kier molecular flexibility index (Phi) is 4.57. The van der Waals surface area contributed by atoms with Crippen LogP contribution in [0, 0.1) is 17.0 Å². The van der Waals surface area contributed by atoms with E-state index in [1.54, 1.807) is 19.3 Å². The number of nitrogens with zero attached hydrogens (tertiary/aromatic N) is 3. The van der Waals surface area contributed by atoms with Crippen LogP contribution >= 0.6 is 11.8 Å². The van der Waals surface area contributed by atoms with Gasteiger partial charge < -0.3 is 9.73 Å². The van der Waals surface area contributed by atoms with Gasteiger partial charge in [-0.25, -0.2) is 9.97 Å². The fraction of sp³-hybridized carbons (Fsp3) is 0.333. The Morgan fingerprint density at radius 3 is 2.90 bits per heavy atom. The molecule has 0 unspecified atom stereocenters. The van der Waals surface area contributed by atoms with Crippen molar-refractivity contribution in [3.05, 3.63) is 34.5 Å². The van der Waals surface area contributed by atoms with E-state index in [9.17, 15) is 10.1 Å². The number of furan rings is 1. The Morgan fingerprint density at radius 2 is 2.30 bits per heavy atom. The minimum Gasteiger partial charge on any atom is -0.468 e. The van der Waals surface area contributed by atoms with Crippen molar-refractivity contribution in [1.82, 2.24) is 9.97 Å². The fourth-order valence-electron chi connectivity index (χ4n) is 1.56. The van der Waals surface area contributed by atoms with Crippen molar-refractivity contribution < 1.29 is 9.34 Å². The third-order valence-electron chi connectivity index (χ3n) is 2.53. The van der Waals surface area contributed by atoms with E-state index in [0.29, 0.717) is 17.3 Å². The minimum absolute atomic E-state index is 0.105. The maximum absolute atomic E-state index is 11.3. The molecule has 2 aromatic heterocycles. The smallest absolute Gasteiger partial charge is 0.343 e. The molecule has 1 N–H and O–H groups in total. The second kappa shape index (κ2) is 6.38. The van der Waals surface area contributed by atoms with Crippen LogP contribution < -0.4 is 5.32 Å². The van der Waals surface area contributed by atoms with Crippen LogP contribution in [0.5, 0.6) is 0 Å². The van der Waals surface area contributed by atoms with Crippen molar-refractivity contribution in [3.63, 3.8) is 0 Å². The lowest BCUT2D eigenvalue weighted by molar-refractivity contribution is -0.387. The van der Waals surface area contributed by atoms with Crippen LogP contribution in [0.3, 0.4) is 0 Å². The van der Waals surface area contributed by atoms with Crippen molar-refractivity contribution in [2.24, 2.45) is 0 Å². The molecule has 0 spiro atoms. The summed E-state index contributed by atoms with van der Waals surface area (Å²) in [5.41, 5.74) is -0.105. The Balaban J connectivity index is 2.36. The second-order valence-electron chi connectivity index (χ2n) is 4.00. The van der Waals surface area contributed by atoms with Crippen LogP contribution in [0.1, 0.15) is 19.1 Å². The summed E-state index contributed by atoms with van der Waals surface area (Å²) in [7, 11) is 0. The van der Waals surface area contributed by atoms with E-state index < -0.39 is 4.92 Å². The molecule has 0 fully saturated rings. The molecular formula is C12H14N4O3S. The number of rotatable bonds is 6. The molecule has 2 rings (SSSR count). The molecule has 106 valence electrons. The zero-order chi connectivity index (χ0) is 14.5. The Morgan fingerprint density at radius 1 is 1.50 bits per heavy atom. The minimum atomic E-state index is -0.463. The van der Waals surface area contributed by atoms with E-state index in [4.69, 9.17) is 4.42 Å². The molecule has 2 heterocycles. The lowest BCUT2D eigenvalue weighted by Crippen LogP contribution is -2.07. The highest BCUT2D eigenvalue weighted by Gasteiger charge is 2.24. The van der Waals surface area contributed by atoms with Gasteiger partial charge in [-0.1, -0.05) is 18.7 Å². The largest absolute Gasteiger partial charge is 0.468 e. The third-order valence-corrected chi connectivity index (χ3v) is 3.67. The molecule has 0 bridgehead atoms. The van der Waals surface area contributed by atoms with E-state index in [-0.39, 0.29) is 11.5 Å². The summed E-state index contributed by atoms with van der Waals surface area (Å²) in [6.45, 7) is 4.39. The first-order valence-electron chi connectivity index (χ1n) is 6.08. The lowest BCUT2D eigenvalue weighted by Gasteiger charge is -2.06. The molecule has 20 heavy (non-hydrogen) atoms. The lowest BCUT2D eigenvalue weighted by atomic mass is 10.4. The van der Waals surface area contributed by atoms with E-state index >= 15 is 0 Å². The van der Waals surface area contributed by atoms with Gasteiger partial charge in [0.25, 0.3) is 0 Å². The number of hydrogen-bond acceptors (Lipinski definition) is 7. The van der Waals surface area contributed by atoms with Crippen LogP contribution in [0.25, 0.3) is 0 Å². The van der Waals surface area contributed by atoms with Gasteiger partial charge >= 0.3 is 5.69 Å². The molecule has 0 atom stereocenters. The monoisotopic (exact) mass is 294 g/mol. The standard InChI is InChI=1S/C12H14N4O3S/c1-3-5-13-11-10(16(17)18)12(15-7-14-11)20-9-4-6-19-8(9)2/h4,6-7H,3,5H2,1-2H3,(H,13,14,15). The van der Waals surface area contributed by atoms with Gasteiger partial charge in [-0.2, -0.15) is 0 Å². The van der Waals surface area contributed by atoms with Crippen LogP contribution in [0.15, 0.2) is 33.0 Å². The predicted octanol–water partition coefficient (Wildman–Crippen LogP) is 3.26. The highest BCUT2D eigenvalue weighted by atomic mass is 32.2. The first-order valence-corrected chi connectivity index (χ1v) is 6.90. The average Bonchev–Trinajstić information content (AvgIpc) is 2.81. The van der Waals surface area contributed by atoms with Crippen molar-refractivity contribution in [1.29, 1.82) is 0 Å². The van der Waals surface area contributed by atoms with Gasteiger partial charge in [0, 0.05) is 6.54 Å². The Hall–Kier alpha value is -2.09. The van der Waals surface area contributed by atoms with E-state index in [0.717, 1.165) is 11.3 Å². The van der Waals surface area contributed by atoms with Crippen molar-refractivity contribution in [2.75, 3.05) is 11.9 Å². The fourth-order valence-corrected chi connectivity index (χ4v) is 2.45. The molecule has 8 heteroatoms. The average molecular weight is 294 g/mol. The van der Waals surface area contributed by atoms with Gasteiger partial charge in [-0.3, -0.25) is 10.1 Å². The molecule has 0 radical (unpaired) electrons. The van der Waals surface area contributed by atoms with Crippen molar-refractivity contribution in [3.8, 4) is 0 Å². The van der Waals surface area contributed by atoms with Crippen LogP contribution in [0.4, 0.5) is 11.5 Å². The maximum atomic E-state index is 11.3. The predicted molar refractivity (Wildman–Crippen MR) is 75.0 cm³/mol. The summed E-state index contributed by atoms with van der Waals surface area (Å²) < 4.78 is 5.18. The van der Waals surface area contributed by atoms with E-state index in [2.05, 4.69) is 15.3 Å². The van der Waals surface area contributed by atoms with Crippen LogP contribution in [-0.4, -0.2) is 21.4 Å². The number of aromatic nitrogens is 2. The number of anilines is 1. The Bertz CT molecular complexity index is 614. The van der Waals surface area contributed by atoms with Gasteiger partial charge in [0.1, 0.15) is 12.1 Å². The number of aryl methyl sites for hydroxylation is 1. The molecule has 0 aliphatic rings. The molecule has 0 aliphatic carbocycles. The quantitative estimate of drug-likeness (QED) is 0.496. The molecule has 0 aromatic carbocycles. The van der Waals surface area contributed by atoms with Gasteiger partial charge in [0.15, 0.2) is 5.03 Å². The number of nitrogens with one attached hydrogen (secondary N) is 1. The third kappa shape index (κ3) is 3.08. The van der Waals surface area contributed by atoms with Gasteiger partial charge in [0.2, 0.25) is 5.82 Å². The van der Waals surface area contributed by atoms with Gasteiger partial charge in [0.05, 0.1) is 16.1 Å². The maximum Gasteiger partial charge on any atom is 0.343 e. The van der Waals surface area contributed by atoms with Crippen molar-refractivity contribution >= 4 is 23.3 Å². The molecular weight excluding hydrogens is 280 g/mol. The summed E-state index contributed by atoms with van der Waals surface area (Å²) in [6.07, 6.45) is 3.72. The summed E-state index contributed by atoms with van der Waals surface area (Å²) in [5, 5.41) is 14.5. The molecule has 2 aromatic rings. The zero-order valence-electron chi connectivity index (χ0n) is 11.1. The van der Waals surface area contributed by atoms with Crippen LogP contribution in [0.2, 0.25) is 0 Å². The normalized spacial score (nSPS) is 10.5. The zero-order valence-corrected chi connectivity index (χ0v) is 11.9. The molecule has 0 amide bonds. The van der Waals surface area contributed by atoms with Gasteiger partial charge in [-0.05, 0) is 19.4 Å². The highest BCUT2D eigenvalue weighted by Crippen LogP contribution is 2.37. The molecule has 0 saturated carbocycles. The Labute approximate surface area is 120 Å². The molecule has 0 saturated heterocycles. The number of nitro groups is 1. The summed E-state index contributed by atoms with van der Waals surface area (Å²) in [5.74, 6) is 0.946. The van der Waals surface area contributed by atoms with Crippen molar-refractivity contribution in [2.45, 2.75) is 30.2 Å². The highest BCUT2D eigenvalue weighted by molar-refractivity contribution is 7.99. The molecule has 7 nitrogen and oxygen atoms in total. The topological polar surface area (TPSA) is 94.1 Å². The first kappa shape index (κ1) is 14.3.